The molecule has 0 saturated heterocycles. The zero-order valence-corrected chi connectivity index (χ0v) is 16.7. The van der Waals surface area contributed by atoms with Crippen molar-refractivity contribution >= 4 is 44.6 Å². The van der Waals surface area contributed by atoms with E-state index in [4.69, 9.17) is 4.74 Å². The van der Waals surface area contributed by atoms with E-state index >= 15 is 0 Å². The van der Waals surface area contributed by atoms with Gasteiger partial charge >= 0.3 is 5.97 Å². The van der Waals surface area contributed by atoms with Crippen LogP contribution in [-0.4, -0.2) is 26.9 Å². The summed E-state index contributed by atoms with van der Waals surface area (Å²) < 4.78 is 58.5. The Hall–Kier alpha value is -3.31. The summed E-state index contributed by atoms with van der Waals surface area (Å²) in [6.45, 7) is -0.762. The molecule has 2 N–H and O–H groups in total. The second-order valence-corrected chi connectivity index (χ2v) is 8.69. The highest BCUT2D eigenvalue weighted by molar-refractivity contribution is 7.94. The first-order valence-corrected chi connectivity index (χ1v) is 10.7. The van der Waals surface area contributed by atoms with Crippen LogP contribution in [0.2, 0.25) is 0 Å². The number of hydrogen-bond donors (Lipinski definition) is 2. The van der Waals surface area contributed by atoms with Crippen molar-refractivity contribution < 1.29 is 31.5 Å². The molecule has 0 fully saturated rings. The second-order valence-electron chi connectivity index (χ2n) is 5.83. The zero-order chi connectivity index (χ0) is 21.7. The van der Waals surface area contributed by atoms with E-state index in [0.29, 0.717) is 6.07 Å². The lowest BCUT2D eigenvalue weighted by Gasteiger charge is -2.12. The van der Waals surface area contributed by atoms with Crippen LogP contribution in [0.25, 0.3) is 0 Å². The molecule has 11 heteroatoms. The molecule has 0 unspecified atom stereocenters. The number of nitrogens with one attached hydrogen (secondary N) is 2. The van der Waals surface area contributed by atoms with Crippen molar-refractivity contribution in [2.24, 2.45) is 0 Å². The van der Waals surface area contributed by atoms with Gasteiger partial charge in [-0.1, -0.05) is 18.2 Å². The molecule has 0 bridgehead atoms. The lowest BCUT2D eigenvalue weighted by molar-refractivity contribution is -0.119. The smallest absolute Gasteiger partial charge is 0.340 e. The molecule has 0 atom stereocenters. The molecule has 156 valence electrons. The normalized spacial score (nSPS) is 11.0. The summed E-state index contributed by atoms with van der Waals surface area (Å²) in [5.41, 5.74) is -0.416. The van der Waals surface area contributed by atoms with Crippen LogP contribution in [-0.2, 0) is 19.6 Å². The first-order valence-electron chi connectivity index (χ1n) is 8.33. The molecule has 0 spiro atoms. The number of para-hydroxylation sites is 1. The van der Waals surface area contributed by atoms with Crippen LogP contribution in [0.4, 0.5) is 20.2 Å². The third kappa shape index (κ3) is 5.19. The topological polar surface area (TPSA) is 102 Å². The maximum atomic E-state index is 13.6. The highest BCUT2D eigenvalue weighted by atomic mass is 32.2. The number of esters is 1. The summed E-state index contributed by atoms with van der Waals surface area (Å²) in [7, 11) is -3.90. The molecule has 0 saturated carbocycles. The number of halogens is 2. The molecule has 2 aromatic carbocycles. The van der Waals surface area contributed by atoms with E-state index in [1.165, 1.54) is 30.3 Å². The fourth-order valence-corrected chi connectivity index (χ4v) is 4.42. The number of ether oxygens (including phenoxy) is 1. The Morgan fingerprint density at radius 1 is 1.00 bits per heavy atom. The number of sulfonamides is 1. The molecule has 1 amide bonds. The van der Waals surface area contributed by atoms with Crippen LogP contribution in [0, 0.1) is 11.6 Å². The molecular weight excluding hydrogens is 438 g/mol. The molecule has 3 rings (SSSR count). The van der Waals surface area contributed by atoms with E-state index in [1.54, 1.807) is 11.4 Å². The third-order valence-electron chi connectivity index (χ3n) is 3.69. The van der Waals surface area contributed by atoms with Gasteiger partial charge in [0.1, 0.15) is 15.8 Å². The monoisotopic (exact) mass is 452 g/mol. The summed E-state index contributed by atoms with van der Waals surface area (Å²) in [4.78, 5) is 24.2. The average Bonchev–Trinajstić information content (AvgIpc) is 3.24. The summed E-state index contributed by atoms with van der Waals surface area (Å²) in [6.07, 6.45) is 0. The largest absolute Gasteiger partial charge is 0.452 e. The number of carbonyl (C=O) groups is 2. The molecule has 0 radical (unpaired) electrons. The molecule has 30 heavy (non-hydrogen) atoms. The van der Waals surface area contributed by atoms with E-state index in [9.17, 15) is 26.8 Å². The van der Waals surface area contributed by atoms with Gasteiger partial charge < -0.3 is 10.1 Å². The Labute approximate surface area is 174 Å². The second kappa shape index (κ2) is 9.01. The Morgan fingerprint density at radius 2 is 1.77 bits per heavy atom. The van der Waals surface area contributed by atoms with Crippen LogP contribution in [0.5, 0.6) is 0 Å². The number of carbonyl (C=O) groups excluding carboxylic acids is 2. The summed E-state index contributed by atoms with van der Waals surface area (Å²) in [5.74, 6) is -3.61. The van der Waals surface area contributed by atoms with E-state index in [1.807, 2.05) is 0 Å². The molecule has 0 aliphatic rings. The quantitative estimate of drug-likeness (QED) is 0.533. The zero-order valence-electron chi connectivity index (χ0n) is 15.1. The van der Waals surface area contributed by atoms with Crippen molar-refractivity contribution in [2.45, 2.75) is 4.21 Å². The van der Waals surface area contributed by atoms with Gasteiger partial charge in [0.2, 0.25) is 0 Å². The van der Waals surface area contributed by atoms with Gasteiger partial charge in [-0.25, -0.2) is 22.0 Å². The molecule has 7 nitrogen and oxygen atoms in total. The van der Waals surface area contributed by atoms with E-state index in [0.717, 1.165) is 23.5 Å². The first-order chi connectivity index (χ1) is 14.3. The molecular formula is C19H14F2N2O5S2. The van der Waals surface area contributed by atoms with E-state index in [2.05, 4.69) is 10.0 Å². The van der Waals surface area contributed by atoms with Crippen LogP contribution >= 0.6 is 11.3 Å². The standard InChI is InChI=1S/C19H14F2N2O5S2/c20-12-7-8-16(14(21)10-12)22-17(24)11-28-19(25)13-4-1-2-5-15(13)23-30(26,27)18-6-3-9-29-18/h1-10,23H,11H2,(H,22,24). The maximum absolute atomic E-state index is 13.6. The number of amides is 1. The molecule has 1 aromatic heterocycles. The maximum Gasteiger partial charge on any atom is 0.340 e. The molecule has 3 aromatic rings. The van der Waals surface area contributed by atoms with Gasteiger partial charge in [-0.05, 0) is 35.7 Å². The lowest BCUT2D eigenvalue weighted by Crippen LogP contribution is -2.22. The van der Waals surface area contributed by atoms with Gasteiger partial charge in [0, 0.05) is 6.07 Å². The predicted molar refractivity (Wildman–Crippen MR) is 107 cm³/mol. The summed E-state index contributed by atoms with van der Waals surface area (Å²) in [5, 5.41) is 3.74. The Balaban J connectivity index is 1.66. The minimum Gasteiger partial charge on any atom is -0.452 e. The van der Waals surface area contributed by atoms with Gasteiger partial charge in [-0.2, -0.15) is 0 Å². The third-order valence-corrected chi connectivity index (χ3v) is 6.45. The van der Waals surface area contributed by atoms with Crippen LogP contribution in [0.1, 0.15) is 10.4 Å². The fourth-order valence-electron chi connectivity index (χ4n) is 2.35. The number of anilines is 2. The number of hydrogen-bond acceptors (Lipinski definition) is 6. The van der Waals surface area contributed by atoms with Crippen molar-refractivity contribution in [2.75, 3.05) is 16.6 Å². The van der Waals surface area contributed by atoms with Crippen molar-refractivity contribution in [3.8, 4) is 0 Å². The van der Waals surface area contributed by atoms with E-state index in [-0.39, 0.29) is 21.1 Å². The summed E-state index contributed by atoms with van der Waals surface area (Å²) >= 11 is 1.01. The van der Waals surface area contributed by atoms with Crippen LogP contribution in [0.3, 0.4) is 0 Å². The van der Waals surface area contributed by atoms with Crippen molar-refractivity contribution in [1.82, 2.24) is 0 Å². The van der Waals surface area contributed by atoms with Crippen molar-refractivity contribution in [3.63, 3.8) is 0 Å². The van der Waals surface area contributed by atoms with Gasteiger partial charge in [0.25, 0.3) is 15.9 Å². The summed E-state index contributed by atoms with van der Waals surface area (Å²) in [6, 6.07) is 11.3. The van der Waals surface area contributed by atoms with E-state index < -0.39 is 40.1 Å². The number of thiophene rings is 1. The SMILES string of the molecule is O=C(COC(=O)c1ccccc1NS(=O)(=O)c1cccs1)Nc1ccc(F)cc1F. The highest BCUT2D eigenvalue weighted by Crippen LogP contribution is 2.23. The predicted octanol–water partition coefficient (Wildman–Crippen LogP) is 3.62. The minimum atomic E-state index is -3.90. The van der Waals surface area contributed by atoms with Crippen molar-refractivity contribution in [3.05, 3.63) is 77.2 Å². The molecule has 1 heterocycles. The number of rotatable bonds is 7. The average molecular weight is 452 g/mol. The number of benzene rings is 2. The van der Waals surface area contributed by atoms with Gasteiger partial charge in [-0.3, -0.25) is 9.52 Å². The first kappa shape index (κ1) is 21.4. The van der Waals surface area contributed by atoms with Gasteiger partial charge in [0.15, 0.2) is 6.61 Å². The molecule has 0 aliphatic heterocycles. The van der Waals surface area contributed by atoms with Crippen molar-refractivity contribution in [1.29, 1.82) is 0 Å². The fraction of sp³-hybridized carbons (Fsp3) is 0.0526. The molecule has 0 aliphatic carbocycles. The van der Waals surface area contributed by atoms with Crippen LogP contribution < -0.4 is 10.0 Å². The highest BCUT2D eigenvalue weighted by Gasteiger charge is 2.20. The van der Waals surface area contributed by atoms with Gasteiger partial charge in [0.05, 0.1) is 16.9 Å². The minimum absolute atomic E-state index is 0.0270. The Morgan fingerprint density at radius 3 is 2.47 bits per heavy atom. The van der Waals surface area contributed by atoms with Gasteiger partial charge in [-0.15, -0.1) is 11.3 Å². The lowest BCUT2D eigenvalue weighted by atomic mass is 10.2. The Bertz CT molecular complexity index is 1180. The Kier molecular flexibility index (Phi) is 6.43. The van der Waals surface area contributed by atoms with Crippen LogP contribution in [0.15, 0.2) is 64.2 Å².